The maximum Gasteiger partial charge on any atom is 0.407 e. The minimum Gasteiger partial charge on any atom is -0.444 e. The van der Waals surface area contributed by atoms with Crippen LogP contribution in [0.15, 0.2) is 24.3 Å². The summed E-state index contributed by atoms with van der Waals surface area (Å²) in [7, 11) is 0. The zero-order valence-electron chi connectivity index (χ0n) is 14.4. The van der Waals surface area contributed by atoms with Gasteiger partial charge in [-0.1, -0.05) is 12.1 Å². The van der Waals surface area contributed by atoms with Crippen LogP contribution >= 0.6 is 0 Å². The highest BCUT2D eigenvalue weighted by Crippen LogP contribution is 2.23. The van der Waals surface area contributed by atoms with Crippen molar-refractivity contribution < 1.29 is 13.9 Å². The van der Waals surface area contributed by atoms with Crippen LogP contribution in [0.3, 0.4) is 0 Å². The summed E-state index contributed by atoms with van der Waals surface area (Å²) in [6, 6.07) is 7.21. The van der Waals surface area contributed by atoms with Crippen molar-refractivity contribution in [3.05, 3.63) is 35.6 Å². The van der Waals surface area contributed by atoms with Gasteiger partial charge in [0.25, 0.3) is 0 Å². The average Bonchev–Trinajstić information content (AvgIpc) is 2.84. The van der Waals surface area contributed by atoms with E-state index in [4.69, 9.17) is 4.74 Å². The van der Waals surface area contributed by atoms with E-state index >= 15 is 0 Å². The van der Waals surface area contributed by atoms with Crippen molar-refractivity contribution in [2.24, 2.45) is 0 Å². The van der Waals surface area contributed by atoms with Gasteiger partial charge >= 0.3 is 6.09 Å². The lowest BCUT2D eigenvalue weighted by atomic mass is 10.1. The summed E-state index contributed by atoms with van der Waals surface area (Å²) in [4.78, 5) is 11.8. The van der Waals surface area contributed by atoms with E-state index in [9.17, 15) is 9.18 Å². The van der Waals surface area contributed by atoms with Crippen LogP contribution in [0.25, 0.3) is 0 Å². The van der Waals surface area contributed by atoms with Gasteiger partial charge in [-0.05, 0) is 64.7 Å². The third-order valence-corrected chi connectivity index (χ3v) is 4.01. The molecule has 2 N–H and O–H groups in total. The van der Waals surface area contributed by atoms with E-state index in [-0.39, 0.29) is 24.0 Å². The van der Waals surface area contributed by atoms with Crippen LogP contribution in [0.4, 0.5) is 9.18 Å². The first kappa shape index (κ1) is 17.7. The van der Waals surface area contributed by atoms with Crippen molar-refractivity contribution >= 4 is 6.09 Å². The first-order valence-electron chi connectivity index (χ1n) is 8.24. The highest BCUT2D eigenvalue weighted by Gasteiger charge is 2.28. The number of carbonyl (C=O) groups excluding carboxylic acids is 1. The molecule has 1 fully saturated rings. The van der Waals surface area contributed by atoms with Gasteiger partial charge in [0.05, 0.1) is 0 Å². The largest absolute Gasteiger partial charge is 0.444 e. The predicted octanol–water partition coefficient (Wildman–Crippen LogP) is 3.92. The van der Waals surface area contributed by atoms with Crippen LogP contribution in [0, 0.1) is 5.82 Å². The number of alkyl carbamates (subject to hydrolysis) is 1. The third-order valence-electron chi connectivity index (χ3n) is 4.01. The topological polar surface area (TPSA) is 50.4 Å². The van der Waals surface area contributed by atoms with Gasteiger partial charge < -0.3 is 15.4 Å². The Balaban J connectivity index is 1.79. The van der Waals surface area contributed by atoms with Crippen molar-refractivity contribution in [3.63, 3.8) is 0 Å². The Hall–Kier alpha value is -1.62. The lowest BCUT2D eigenvalue weighted by Crippen LogP contribution is -2.39. The molecule has 23 heavy (non-hydrogen) atoms. The molecule has 1 amide bonds. The molecular formula is C18H27FN2O2. The summed E-state index contributed by atoms with van der Waals surface area (Å²) in [5, 5.41) is 6.49. The SMILES string of the molecule is CC(NC1CCC(NC(=O)OC(C)(C)C)C1)c1ccc(F)cc1. The molecule has 1 aliphatic carbocycles. The van der Waals surface area contributed by atoms with Crippen LogP contribution < -0.4 is 10.6 Å². The molecule has 1 saturated carbocycles. The van der Waals surface area contributed by atoms with E-state index in [0.717, 1.165) is 24.8 Å². The van der Waals surface area contributed by atoms with Gasteiger partial charge in [0.2, 0.25) is 0 Å². The van der Waals surface area contributed by atoms with Gasteiger partial charge in [-0.2, -0.15) is 0 Å². The fraction of sp³-hybridized carbons (Fsp3) is 0.611. The Bertz CT molecular complexity index is 525. The molecule has 0 aliphatic heterocycles. The summed E-state index contributed by atoms with van der Waals surface area (Å²) >= 11 is 0. The number of halogens is 1. The molecule has 1 aromatic carbocycles. The summed E-state index contributed by atoms with van der Waals surface area (Å²) in [6.45, 7) is 7.64. The van der Waals surface area contributed by atoms with E-state index in [2.05, 4.69) is 17.6 Å². The number of hydrogen-bond donors (Lipinski definition) is 2. The van der Waals surface area contributed by atoms with Crippen molar-refractivity contribution in [3.8, 4) is 0 Å². The van der Waals surface area contributed by atoms with E-state index < -0.39 is 5.60 Å². The zero-order valence-corrected chi connectivity index (χ0v) is 14.4. The highest BCUT2D eigenvalue weighted by molar-refractivity contribution is 5.68. The summed E-state index contributed by atoms with van der Waals surface area (Å²) in [5.41, 5.74) is 0.590. The Morgan fingerprint density at radius 1 is 1.22 bits per heavy atom. The number of rotatable bonds is 4. The number of carbonyl (C=O) groups is 1. The van der Waals surface area contributed by atoms with E-state index in [1.54, 1.807) is 12.1 Å². The fourth-order valence-corrected chi connectivity index (χ4v) is 2.94. The molecule has 0 bridgehead atoms. The molecule has 1 aromatic rings. The summed E-state index contributed by atoms with van der Waals surface area (Å²) in [6.07, 6.45) is 2.47. The van der Waals surface area contributed by atoms with Gasteiger partial charge in [0.1, 0.15) is 11.4 Å². The Morgan fingerprint density at radius 2 is 1.83 bits per heavy atom. The van der Waals surface area contributed by atoms with Crippen molar-refractivity contribution in [1.82, 2.24) is 10.6 Å². The summed E-state index contributed by atoms with van der Waals surface area (Å²) in [5.74, 6) is -0.219. The normalized spacial score (nSPS) is 22.7. The number of nitrogens with one attached hydrogen (secondary N) is 2. The lowest BCUT2D eigenvalue weighted by molar-refractivity contribution is 0.0505. The molecule has 4 nitrogen and oxygen atoms in total. The number of benzene rings is 1. The highest BCUT2D eigenvalue weighted by atomic mass is 19.1. The Morgan fingerprint density at radius 3 is 2.43 bits per heavy atom. The molecule has 3 unspecified atom stereocenters. The van der Waals surface area contributed by atoms with Crippen LogP contribution in [0.5, 0.6) is 0 Å². The van der Waals surface area contributed by atoms with Gasteiger partial charge in [-0.15, -0.1) is 0 Å². The van der Waals surface area contributed by atoms with Crippen molar-refractivity contribution in [1.29, 1.82) is 0 Å². The molecule has 0 saturated heterocycles. The molecule has 5 heteroatoms. The number of ether oxygens (including phenoxy) is 1. The first-order chi connectivity index (χ1) is 10.7. The molecule has 2 rings (SSSR count). The molecular weight excluding hydrogens is 295 g/mol. The molecule has 1 aliphatic rings. The van der Waals surface area contributed by atoms with E-state index in [0.29, 0.717) is 6.04 Å². The fourth-order valence-electron chi connectivity index (χ4n) is 2.94. The van der Waals surface area contributed by atoms with Crippen LogP contribution in [-0.4, -0.2) is 23.8 Å². The van der Waals surface area contributed by atoms with Crippen LogP contribution in [-0.2, 0) is 4.74 Å². The van der Waals surface area contributed by atoms with Crippen LogP contribution in [0.1, 0.15) is 58.6 Å². The molecule has 0 radical (unpaired) electrons. The molecule has 0 spiro atoms. The third kappa shape index (κ3) is 5.82. The Labute approximate surface area is 137 Å². The predicted molar refractivity (Wildman–Crippen MR) is 88.7 cm³/mol. The molecule has 0 aromatic heterocycles. The molecule has 128 valence electrons. The second kappa shape index (κ2) is 7.30. The van der Waals surface area contributed by atoms with Crippen LogP contribution in [0.2, 0.25) is 0 Å². The van der Waals surface area contributed by atoms with E-state index in [1.807, 2.05) is 20.8 Å². The number of hydrogen-bond acceptors (Lipinski definition) is 3. The standard InChI is InChI=1S/C18H27FN2O2/c1-12(13-5-7-14(19)8-6-13)20-15-9-10-16(11-15)21-17(22)23-18(2,3)4/h5-8,12,15-16,20H,9-11H2,1-4H3,(H,21,22). The zero-order chi connectivity index (χ0) is 17.0. The Kier molecular flexibility index (Phi) is 5.63. The first-order valence-corrected chi connectivity index (χ1v) is 8.24. The van der Waals surface area contributed by atoms with Crippen molar-refractivity contribution in [2.75, 3.05) is 0 Å². The molecule has 0 heterocycles. The van der Waals surface area contributed by atoms with Gasteiger partial charge in [0, 0.05) is 18.1 Å². The maximum atomic E-state index is 13.0. The van der Waals surface area contributed by atoms with E-state index in [1.165, 1.54) is 12.1 Å². The van der Waals surface area contributed by atoms with Gasteiger partial charge in [0.15, 0.2) is 0 Å². The minimum absolute atomic E-state index is 0.141. The monoisotopic (exact) mass is 322 g/mol. The summed E-state index contributed by atoms with van der Waals surface area (Å²) < 4.78 is 18.3. The molecule has 3 atom stereocenters. The maximum absolute atomic E-state index is 13.0. The van der Waals surface area contributed by atoms with Gasteiger partial charge in [-0.25, -0.2) is 9.18 Å². The quantitative estimate of drug-likeness (QED) is 0.883. The lowest BCUT2D eigenvalue weighted by Gasteiger charge is -2.22. The van der Waals surface area contributed by atoms with Gasteiger partial charge in [-0.3, -0.25) is 0 Å². The smallest absolute Gasteiger partial charge is 0.407 e. The van der Waals surface area contributed by atoms with Crippen molar-refractivity contribution in [2.45, 2.75) is 70.7 Å². The number of amides is 1. The second-order valence-corrected chi connectivity index (χ2v) is 7.29. The second-order valence-electron chi connectivity index (χ2n) is 7.29. The minimum atomic E-state index is -0.475. The average molecular weight is 322 g/mol.